The van der Waals surface area contributed by atoms with Crippen molar-refractivity contribution in [2.45, 2.75) is 18.9 Å². The van der Waals surface area contributed by atoms with E-state index in [0.717, 1.165) is 6.42 Å². The number of hydrogen-bond acceptors (Lipinski definition) is 2. The molecule has 0 bridgehead atoms. The molecule has 0 radical (unpaired) electrons. The number of benzene rings is 1. The van der Waals surface area contributed by atoms with Crippen LogP contribution in [0.1, 0.15) is 23.2 Å². The van der Waals surface area contributed by atoms with E-state index in [4.69, 9.17) is 28.9 Å². The molecule has 2 N–H and O–H groups in total. The largest absolute Gasteiger partial charge is 0.368 e. The summed E-state index contributed by atoms with van der Waals surface area (Å²) in [5.41, 5.74) is 5.58. The molecule has 0 aromatic heterocycles. The van der Waals surface area contributed by atoms with Crippen LogP contribution in [0.15, 0.2) is 18.2 Å². The third kappa shape index (κ3) is 2.44. The van der Waals surface area contributed by atoms with Crippen LogP contribution in [0.4, 0.5) is 0 Å². The first-order chi connectivity index (χ1) is 8.50. The first kappa shape index (κ1) is 13.2. The molecule has 2 rings (SSSR count). The lowest BCUT2D eigenvalue weighted by atomic mass is 10.1. The number of nitrogens with zero attached hydrogens (tertiary/aromatic N) is 1. The fraction of sp³-hybridized carbons (Fsp3) is 0.333. The van der Waals surface area contributed by atoms with Gasteiger partial charge in [0, 0.05) is 11.6 Å². The van der Waals surface area contributed by atoms with E-state index in [0.29, 0.717) is 28.6 Å². The molecule has 1 fully saturated rings. The predicted octanol–water partition coefficient (Wildman–Crippen LogP) is 2.08. The second kappa shape index (κ2) is 5.16. The summed E-state index contributed by atoms with van der Waals surface area (Å²) in [6, 6.07) is 4.12. The number of carbonyl (C=O) groups is 2. The molecular weight excluding hydrogens is 275 g/mol. The van der Waals surface area contributed by atoms with E-state index >= 15 is 0 Å². The Kier molecular flexibility index (Phi) is 3.78. The quantitative estimate of drug-likeness (QED) is 0.905. The number of rotatable bonds is 2. The topological polar surface area (TPSA) is 63.4 Å². The number of halogens is 2. The first-order valence-corrected chi connectivity index (χ1v) is 6.31. The van der Waals surface area contributed by atoms with Gasteiger partial charge >= 0.3 is 0 Å². The van der Waals surface area contributed by atoms with E-state index in [-0.39, 0.29) is 5.91 Å². The Bertz CT molecular complexity index is 505. The molecular formula is C12H12Cl2N2O2. The molecule has 0 unspecified atom stereocenters. The van der Waals surface area contributed by atoms with E-state index in [1.54, 1.807) is 12.1 Å². The minimum atomic E-state index is -0.549. The van der Waals surface area contributed by atoms with Crippen LogP contribution >= 0.6 is 23.2 Å². The Morgan fingerprint density at radius 3 is 2.72 bits per heavy atom. The molecule has 1 aromatic rings. The van der Waals surface area contributed by atoms with Crippen LogP contribution in [0.25, 0.3) is 0 Å². The highest BCUT2D eigenvalue weighted by atomic mass is 35.5. The van der Waals surface area contributed by atoms with Gasteiger partial charge in [0.15, 0.2) is 0 Å². The van der Waals surface area contributed by atoms with Gasteiger partial charge in [-0.3, -0.25) is 9.59 Å². The molecule has 1 aromatic carbocycles. The number of amides is 2. The summed E-state index contributed by atoms with van der Waals surface area (Å²) in [6.45, 7) is 0.509. The minimum absolute atomic E-state index is 0.302. The lowest BCUT2D eigenvalue weighted by molar-refractivity contribution is -0.121. The number of primary amides is 1. The van der Waals surface area contributed by atoms with Gasteiger partial charge in [0.05, 0.1) is 10.6 Å². The van der Waals surface area contributed by atoms with E-state index < -0.39 is 11.9 Å². The molecule has 0 aliphatic carbocycles. The van der Waals surface area contributed by atoms with Crippen molar-refractivity contribution in [3.63, 3.8) is 0 Å². The summed E-state index contributed by atoms with van der Waals surface area (Å²) >= 11 is 11.8. The molecule has 0 saturated carbocycles. The highest BCUT2D eigenvalue weighted by molar-refractivity contribution is 6.35. The van der Waals surface area contributed by atoms with Crippen LogP contribution in [0.5, 0.6) is 0 Å². The lowest BCUT2D eigenvalue weighted by Crippen LogP contribution is -2.43. The van der Waals surface area contributed by atoms with Crippen molar-refractivity contribution in [3.05, 3.63) is 33.8 Å². The van der Waals surface area contributed by atoms with E-state index in [9.17, 15) is 9.59 Å². The van der Waals surface area contributed by atoms with E-state index in [2.05, 4.69) is 0 Å². The summed E-state index contributed by atoms with van der Waals surface area (Å²) in [5.74, 6) is -0.789. The van der Waals surface area contributed by atoms with Crippen molar-refractivity contribution in [1.82, 2.24) is 4.90 Å². The molecule has 1 atom stereocenters. The summed E-state index contributed by atoms with van der Waals surface area (Å²) in [6.07, 6.45) is 1.36. The molecule has 1 saturated heterocycles. The Balaban J connectivity index is 2.31. The number of carbonyl (C=O) groups excluding carboxylic acids is 2. The molecule has 4 nitrogen and oxygen atoms in total. The van der Waals surface area contributed by atoms with Crippen molar-refractivity contribution >= 4 is 35.0 Å². The second-order valence-electron chi connectivity index (χ2n) is 4.18. The maximum absolute atomic E-state index is 12.3. The van der Waals surface area contributed by atoms with Gasteiger partial charge < -0.3 is 10.6 Å². The molecule has 0 spiro atoms. The fourth-order valence-electron chi connectivity index (χ4n) is 2.12. The van der Waals surface area contributed by atoms with Crippen molar-refractivity contribution in [2.75, 3.05) is 6.54 Å². The second-order valence-corrected chi connectivity index (χ2v) is 5.03. The monoisotopic (exact) mass is 286 g/mol. The average Bonchev–Trinajstić information content (AvgIpc) is 2.80. The maximum atomic E-state index is 12.3. The van der Waals surface area contributed by atoms with Gasteiger partial charge in [-0.2, -0.15) is 0 Å². The molecule has 1 aliphatic rings. The van der Waals surface area contributed by atoms with E-state index in [1.165, 1.54) is 11.0 Å². The van der Waals surface area contributed by atoms with Crippen molar-refractivity contribution in [3.8, 4) is 0 Å². The summed E-state index contributed by atoms with van der Waals surface area (Å²) in [4.78, 5) is 25.0. The van der Waals surface area contributed by atoms with Crippen LogP contribution in [-0.4, -0.2) is 29.3 Å². The Hall–Kier alpha value is -1.26. The Morgan fingerprint density at radius 1 is 1.33 bits per heavy atom. The zero-order valence-electron chi connectivity index (χ0n) is 9.53. The smallest absolute Gasteiger partial charge is 0.256 e. The normalized spacial score (nSPS) is 19.0. The zero-order chi connectivity index (χ0) is 13.3. The van der Waals surface area contributed by atoms with Crippen molar-refractivity contribution < 1.29 is 9.59 Å². The van der Waals surface area contributed by atoms with Gasteiger partial charge in [-0.25, -0.2) is 0 Å². The molecule has 2 amide bonds. The fourth-order valence-corrected chi connectivity index (χ4v) is 2.49. The van der Waals surface area contributed by atoms with Gasteiger partial charge in [-0.15, -0.1) is 0 Å². The van der Waals surface area contributed by atoms with Gasteiger partial charge in [0.25, 0.3) is 5.91 Å². The van der Waals surface area contributed by atoms with Gasteiger partial charge in [-0.1, -0.05) is 23.2 Å². The van der Waals surface area contributed by atoms with Gasteiger partial charge in [0.2, 0.25) is 5.91 Å². The third-order valence-electron chi connectivity index (χ3n) is 3.00. The molecule has 1 aliphatic heterocycles. The van der Waals surface area contributed by atoms with Crippen LogP contribution in [0.3, 0.4) is 0 Å². The number of nitrogens with two attached hydrogens (primary N) is 1. The SMILES string of the molecule is NC(=O)[C@@H]1CCCN1C(=O)c1cc(Cl)ccc1Cl. The van der Waals surface area contributed by atoms with Crippen LogP contribution in [0.2, 0.25) is 10.0 Å². The van der Waals surface area contributed by atoms with Crippen LogP contribution in [-0.2, 0) is 4.79 Å². The van der Waals surface area contributed by atoms with Crippen LogP contribution < -0.4 is 5.73 Å². The van der Waals surface area contributed by atoms with Crippen LogP contribution in [0, 0.1) is 0 Å². The highest BCUT2D eigenvalue weighted by Gasteiger charge is 2.33. The number of hydrogen-bond donors (Lipinski definition) is 1. The number of likely N-dealkylation sites (tertiary alicyclic amines) is 1. The first-order valence-electron chi connectivity index (χ1n) is 5.56. The third-order valence-corrected chi connectivity index (χ3v) is 3.57. The predicted molar refractivity (Wildman–Crippen MR) is 69.7 cm³/mol. The van der Waals surface area contributed by atoms with E-state index in [1.807, 2.05) is 0 Å². The molecule has 6 heteroatoms. The molecule has 96 valence electrons. The molecule has 18 heavy (non-hydrogen) atoms. The zero-order valence-corrected chi connectivity index (χ0v) is 11.0. The highest BCUT2D eigenvalue weighted by Crippen LogP contribution is 2.26. The van der Waals surface area contributed by atoms with Gasteiger partial charge in [-0.05, 0) is 31.0 Å². The Morgan fingerprint density at radius 2 is 2.06 bits per heavy atom. The minimum Gasteiger partial charge on any atom is -0.368 e. The van der Waals surface area contributed by atoms with Gasteiger partial charge in [0.1, 0.15) is 6.04 Å². The Labute approximate surface area is 115 Å². The summed E-state index contributed by atoms with van der Waals surface area (Å²) < 4.78 is 0. The standard InChI is InChI=1S/C12H12Cl2N2O2/c13-7-3-4-9(14)8(6-7)12(18)16-5-1-2-10(16)11(15)17/h3-4,6,10H,1-2,5H2,(H2,15,17)/t10-/m0/s1. The lowest BCUT2D eigenvalue weighted by Gasteiger charge is -2.22. The molecule has 1 heterocycles. The summed E-state index contributed by atoms with van der Waals surface area (Å²) in [5, 5.41) is 0.747. The average molecular weight is 287 g/mol. The summed E-state index contributed by atoms with van der Waals surface area (Å²) in [7, 11) is 0. The maximum Gasteiger partial charge on any atom is 0.256 e. The van der Waals surface area contributed by atoms with Crippen molar-refractivity contribution in [1.29, 1.82) is 0 Å². The van der Waals surface area contributed by atoms with Crippen molar-refractivity contribution in [2.24, 2.45) is 5.73 Å².